The van der Waals surface area contributed by atoms with E-state index in [1.807, 2.05) is 0 Å². The number of hydrazone groups is 2. The average molecular weight is 743 g/mol. The summed E-state index contributed by atoms with van der Waals surface area (Å²) in [5.41, 5.74) is 4.23. The summed E-state index contributed by atoms with van der Waals surface area (Å²) < 4.78 is 10.7. The molecule has 0 bridgehead atoms. The summed E-state index contributed by atoms with van der Waals surface area (Å²) in [4.78, 5) is 65.8. The van der Waals surface area contributed by atoms with E-state index in [0.29, 0.717) is 48.3 Å². The SMILES string of the molecule is O=C(CCCCCCC(=O)Oc1ccc(C=NNc2ccc([N+](=O)[O-])cc2[N+](=O)[O-])cc1)Oc1ccc(C=NNc2ccc([N+](=O)[O-])cc2[N+](=O)[O-])cc1. The molecule has 4 aromatic carbocycles. The number of benzene rings is 4. The van der Waals surface area contributed by atoms with Crippen LogP contribution in [0.25, 0.3) is 0 Å². The molecule has 0 spiro atoms. The summed E-state index contributed by atoms with van der Waals surface area (Å²) in [6, 6.07) is 18.9. The van der Waals surface area contributed by atoms with Crippen molar-refractivity contribution in [2.24, 2.45) is 10.2 Å². The van der Waals surface area contributed by atoms with Crippen molar-refractivity contribution >= 4 is 58.5 Å². The molecule has 0 aliphatic carbocycles. The fourth-order valence-corrected chi connectivity index (χ4v) is 4.61. The summed E-state index contributed by atoms with van der Waals surface area (Å²) >= 11 is 0. The van der Waals surface area contributed by atoms with E-state index in [1.165, 1.54) is 24.6 Å². The van der Waals surface area contributed by atoms with Crippen molar-refractivity contribution < 1.29 is 38.8 Å². The van der Waals surface area contributed by atoms with E-state index in [2.05, 4.69) is 21.1 Å². The van der Waals surface area contributed by atoms with Gasteiger partial charge in [0, 0.05) is 25.0 Å². The molecule has 4 aromatic rings. The molecule has 4 rings (SSSR count). The first kappa shape index (κ1) is 39.2. The van der Waals surface area contributed by atoms with Gasteiger partial charge in [0.15, 0.2) is 0 Å². The predicted octanol–water partition coefficient (Wildman–Crippen LogP) is 7.06. The van der Waals surface area contributed by atoms with Crippen LogP contribution in [0.1, 0.15) is 49.7 Å². The number of nitrogens with one attached hydrogen (secondary N) is 2. The summed E-state index contributed by atoms with van der Waals surface area (Å²) in [7, 11) is 0. The highest BCUT2D eigenvalue weighted by atomic mass is 16.6. The van der Waals surface area contributed by atoms with E-state index in [0.717, 1.165) is 24.3 Å². The van der Waals surface area contributed by atoms with Crippen LogP contribution in [-0.2, 0) is 9.59 Å². The minimum Gasteiger partial charge on any atom is -0.427 e. The summed E-state index contributed by atoms with van der Waals surface area (Å²) in [5, 5.41) is 52.1. The lowest BCUT2D eigenvalue weighted by molar-refractivity contribution is -0.393. The molecule has 0 aromatic heterocycles. The van der Waals surface area contributed by atoms with E-state index < -0.39 is 54.4 Å². The topological polar surface area (TPSA) is 274 Å². The third-order valence-corrected chi connectivity index (χ3v) is 7.31. The minimum absolute atomic E-state index is 0.0299. The molecule has 0 saturated heterocycles. The molecule has 0 unspecified atom stereocenters. The minimum atomic E-state index is -0.759. The van der Waals surface area contributed by atoms with E-state index in [1.54, 1.807) is 48.5 Å². The molecule has 0 aliphatic heterocycles. The number of non-ortho nitro benzene ring substituents is 2. The van der Waals surface area contributed by atoms with Crippen LogP contribution in [0.2, 0.25) is 0 Å². The number of carbonyl (C=O) groups excluding carboxylic acids is 2. The van der Waals surface area contributed by atoms with Crippen LogP contribution in [0, 0.1) is 40.5 Å². The van der Waals surface area contributed by atoms with Crippen LogP contribution in [0.4, 0.5) is 34.1 Å². The van der Waals surface area contributed by atoms with Crippen molar-refractivity contribution in [2.75, 3.05) is 10.9 Å². The summed E-state index contributed by atoms with van der Waals surface area (Å²) in [6.45, 7) is 0. The Hall–Kier alpha value is -7.64. The van der Waals surface area contributed by atoms with Crippen LogP contribution in [-0.4, -0.2) is 44.1 Å². The third kappa shape index (κ3) is 12.0. The Kier molecular flexibility index (Phi) is 13.8. The molecule has 0 saturated carbocycles. The maximum atomic E-state index is 12.3. The molecule has 0 atom stereocenters. The Balaban J connectivity index is 1.10. The molecule has 278 valence electrons. The quantitative estimate of drug-likeness (QED) is 0.0243. The highest BCUT2D eigenvalue weighted by molar-refractivity contribution is 5.82. The van der Waals surface area contributed by atoms with Crippen LogP contribution >= 0.6 is 0 Å². The molecule has 2 N–H and O–H groups in total. The Morgan fingerprint density at radius 1 is 0.537 bits per heavy atom. The monoisotopic (exact) mass is 742 g/mol. The van der Waals surface area contributed by atoms with Crippen molar-refractivity contribution in [3.05, 3.63) is 137 Å². The molecule has 0 fully saturated rings. The van der Waals surface area contributed by atoms with Gasteiger partial charge in [-0.3, -0.25) is 60.9 Å². The van der Waals surface area contributed by atoms with Crippen molar-refractivity contribution in [2.45, 2.75) is 38.5 Å². The second kappa shape index (κ2) is 19.1. The largest absolute Gasteiger partial charge is 0.427 e. The Morgan fingerprint density at radius 2 is 0.907 bits per heavy atom. The number of nitro benzene ring substituents is 4. The van der Waals surface area contributed by atoms with E-state index >= 15 is 0 Å². The van der Waals surface area contributed by atoms with Gasteiger partial charge >= 0.3 is 23.3 Å². The number of ether oxygens (including phenoxy) is 2. The average Bonchev–Trinajstić information content (AvgIpc) is 3.14. The Morgan fingerprint density at radius 3 is 1.24 bits per heavy atom. The van der Waals surface area contributed by atoms with Gasteiger partial charge in [0.05, 0.1) is 44.3 Å². The van der Waals surface area contributed by atoms with Crippen LogP contribution in [0.3, 0.4) is 0 Å². The first-order valence-electron chi connectivity index (χ1n) is 15.9. The molecular weight excluding hydrogens is 712 g/mol. The molecule has 20 heteroatoms. The number of nitro groups is 4. The normalized spacial score (nSPS) is 10.9. The standard InChI is InChI=1S/C34H30N8O12/c43-33(53-27-13-7-23(8-14-27)21-35-37-29-17-11-25(39(45)46)19-31(29)41(49)50)5-3-1-2-4-6-34(44)54-28-15-9-24(10-16-28)22-36-38-30-18-12-26(40(47)48)20-32(30)42(51)52/h7-22,37-38H,1-6H2. The van der Waals surface area contributed by atoms with Gasteiger partial charge in [0.2, 0.25) is 0 Å². The zero-order chi connectivity index (χ0) is 39.0. The van der Waals surface area contributed by atoms with Gasteiger partial charge in [-0.1, -0.05) is 12.8 Å². The van der Waals surface area contributed by atoms with Crippen molar-refractivity contribution in [1.29, 1.82) is 0 Å². The van der Waals surface area contributed by atoms with E-state index in [9.17, 15) is 50.0 Å². The van der Waals surface area contributed by atoms with Crippen LogP contribution < -0.4 is 20.3 Å². The zero-order valence-corrected chi connectivity index (χ0v) is 28.1. The third-order valence-electron chi connectivity index (χ3n) is 7.31. The van der Waals surface area contributed by atoms with Crippen LogP contribution in [0.5, 0.6) is 11.5 Å². The fourth-order valence-electron chi connectivity index (χ4n) is 4.61. The first-order chi connectivity index (χ1) is 25.9. The fraction of sp³-hybridized carbons (Fsp3) is 0.176. The second-order valence-electron chi connectivity index (χ2n) is 11.2. The number of anilines is 2. The number of nitrogens with zero attached hydrogens (tertiary/aromatic N) is 6. The van der Waals surface area contributed by atoms with Gasteiger partial charge in [-0.2, -0.15) is 10.2 Å². The van der Waals surface area contributed by atoms with Gasteiger partial charge in [-0.05, 0) is 84.6 Å². The number of rotatable bonds is 19. The smallest absolute Gasteiger partial charge is 0.311 e. The predicted molar refractivity (Wildman–Crippen MR) is 194 cm³/mol. The molecule has 20 nitrogen and oxygen atoms in total. The summed E-state index contributed by atoms with van der Waals surface area (Å²) in [6.07, 6.45) is 5.54. The lowest BCUT2D eigenvalue weighted by Crippen LogP contribution is -2.08. The van der Waals surface area contributed by atoms with Crippen molar-refractivity contribution in [1.82, 2.24) is 0 Å². The Bertz CT molecular complexity index is 1940. The number of hydrogen-bond acceptors (Lipinski definition) is 16. The highest BCUT2D eigenvalue weighted by Gasteiger charge is 2.20. The summed E-state index contributed by atoms with van der Waals surface area (Å²) in [5.74, 6) is -0.242. The maximum Gasteiger partial charge on any atom is 0.311 e. The van der Waals surface area contributed by atoms with Gasteiger partial charge in [-0.25, -0.2) is 0 Å². The number of esters is 2. The van der Waals surface area contributed by atoms with Gasteiger partial charge < -0.3 is 9.47 Å². The first-order valence-corrected chi connectivity index (χ1v) is 15.9. The second-order valence-corrected chi connectivity index (χ2v) is 11.2. The Labute approximate surface area is 304 Å². The molecule has 0 heterocycles. The molecule has 0 amide bonds. The molecular formula is C34H30N8O12. The van der Waals surface area contributed by atoms with Gasteiger partial charge in [0.25, 0.3) is 11.4 Å². The highest BCUT2D eigenvalue weighted by Crippen LogP contribution is 2.30. The lowest BCUT2D eigenvalue weighted by Gasteiger charge is -2.06. The van der Waals surface area contributed by atoms with Gasteiger partial charge in [0.1, 0.15) is 22.9 Å². The maximum absolute atomic E-state index is 12.3. The van der Waals surface area contributed by atoms with Crippen molar-refractivity contribution in [3.8, 4) is 11.5 Å². The molecule has 54 heavy (non-hydrogen) atoms. The molecule has 0 aliphatic rings. The van der Waals surface area contributed by atoms with Crippen LogP contribution in [0.15, 0.2) is 95.1 Å². The van der Waals surface area contributed by atoms with Crippen molar-refractivity contribution in [3.63, 3.8) is 0 Å². The zero-order valence-electron chi connectivity index (χ0n) is 28.1. The molecule has 0 radical (unpaired) electrons. The van der Waals surface area contributed by atoms with Gasteiger partial charge in [-0.15, -0.1) is 0 Å². The number of hydrogen-bond donors (Lipinski definition) is 2. The van der Waals surface area contributed by atoms with E-state index in [4.69, 9.17) is 9.47 Å². The van der Waals surface area contributed by atoms with E-state index in [-0.39, 0.29) is 24.2 Å². The number of unbranched alkanes of at least 4 members (excludes halogenated alkanes) is 3. The lowest BCUT2D eigenvalue weighted by atomic mass is 10.1. The number of carbonyl (C=O) groups is 2.